The second-order valence-corrected chi connectivity index (χ2v) is 6.06. The quantitative estimate of drug-likeness (QED) is 0.729. The van der Waals surface area contributed by atoms with Gasteiger partial charge in [0.1, 0.15) is 23.1 Å². The normalized spacial score (nSPS) is 12.7. The number of fused-ring (bicyclic) bond motifs is 1. The van der Waals surface area contributed by atoms with E-state index in [4.69, 9.17) is 20.8 Å². The number of ether oxygens (including phenoxy) is 1. The lowest BCUT2D eigenvalue weighted by atomic mass is 10.1. The van der Waals surface area contributed by atoms with Crippen molar-refractivity contribution in [2.24, 2.45) is 0 Å². The van der Waals surface area contributed by atoms with Gasteiger partial charge in [-0.1, -0.05) is 18.5 Å². The summed E-state index contributed by atoms with van der Waals surface area (Å²) in [7, 11) is 1.69. The van der Waals surface area contributed by atoms with Gasteiger partial charge in [0.25, 0.3) is 0 Å². The molecule has 110 valence electrons. The number of furan rings is 1. The minimum atomic E-state index is -0.0175. The van der Waals surface area contributed by atoms with Crippen molar-refractivity contribution in [2.45, 2.75) is 13.0 Å². The summed E-state index contributed by atoms with van der Waals surface area (Å²) >= 11 is 7.70. The molecular formula is C16H16ClNO2S. The molecule has 0 spiro atoms. The molecule has 21 heavy (non-hydrogen) atoms. The Morgan fingerprint density at radius 3 is 2.95 bits per heavy atom. The van der Waals surface area contributed by atoms with E-state index in [0.29, 0.717) is 5.02 Å². The molecule has 5 heteroatoms. The third kappa shape index (κ3) is 2.79. The van der Waals surface area contributed by atoms with Gasteiger partial charge in [-0.3, -0.25) is 0 Å². The van der Waals surface area contributed by atoms with Crippen LogP contribution in [0.2, 0.25) is 5.02 Å². The standard InChI is InChI=1S/C16H16ClNO2S/c1-3-18-15(16-13(19-2)6-7-21-16)14-9-10-8-11(17)4-5-12(10)20-14/h4-9,15,18H,3H2,1-2H3. The first-order chi connectivity index (χ1) is 10.2. The lowest BCUT2D eigenvalue weighted by Crippen LogP contribution is -2.21. The third-order valence-electron chi connectivity index (χ3n) is 3.33. The van der Waals surface area contributed by atoms with E-state index in [-0.39, 0.29) is 6.04 Å². The average molecular weight is 322 g/mol. The topological polar surface area (TPSA) is 34.4 Å². The first-order valence-electron chi connectivity index (χ1n) is 6.76. The molecule has 0 aliphatic rings. The number of thiophene rings is 1. The fraction of sp³-hybridized carbons (Fsp3) is 0.250. The van der Waals surface area contributed by atoms with Gasteiger partial charge in [-0.15, -0.1) is 11.3 Å². The number of methoxy groups -OCH3 is 1. The Morgan fingerprint density at radius 1 is 1.33 bits per heavy atom. The summed E-state index contributed by atoms with van der Waals surface area (Å²) in [6.45, 7) is 2.91. The predicted molar refractivity (Wildman–Crippen MR) is 87.6 cm³/mol. The maximum absolute atomic E-state index is 6.04. The van der Waals surface area contributed by atoms with Crippen LogP contribution in [0, 0.1) is 0 Å². The molecule has 1 atom stereocenters. The largest absolute Gasteiger partial charge is 0.496 e. The Morgan fingerprint density at radius 2 is 2.19 bits per heavy atom. The van der Waals surface area contributed by atoms with E-state index in [2.05, 4.69) is 12.2 Å². The zero-order valence-electron chi connectivity index (χ0n) is 11.9. The van der Waals surface area contributed by atoms with Crippen molar-refractivity contribution >= 4 is 33.9 Å². The summed E-state index contributed by atoms with van der Waals surface area (Å²) in [6, 6.07) is 9.65. The molecule has 1 N–H and O–H groups in total. The molecular weight excluding hydrogens is 306 g/mol. The molecule has 0 amide bonds. The van der Waals surface area contributed by atoms with E-state index in [9.17, 15) is 0 Å². The lowest BCUT2D eigenvalue weighted by Gasteiger charge is -2.15. The van der Waals surface area contributed by atoms with Crippen LogP contribution in [0.1, 0.15) is 23.6 Å². The summed E-state index contributed by atoms with van der Waals surface area (Å²) in [6.07, 6.45) is 0. The van der Waals surface area contributed by atoms with Crippen molar-refractivity contribution in [3.05, 3.63) is 51.4 Å². The van der Waals surface area contributed by atoms with Crippen molar-refractivity contribution in [3.8, 4) is 5.75 Å². The van der Waals surface area contributed by atoms with Gasteiger partial charge in [-0.05, 0) is 42.3 Å². The van der Waals surface area contributed by atoms with Gasteiger partial charge < -0.3 is 14.5 Å². The zero-order valence-corrected chi connectivity index (χ0v) is 13.4. The van der Waals surface area contributed by atoms with Gasteiger partial charge in [-0.25, -0.2) is 0 Å². The molecule has 1 unspecified atom stereocenters. The molecule has 3 aromatic rings. The minimum Gasteiger partial charge on any atom is -0.496 e. The second-order valence-electron chi connectivity index (χ2n) is 4.67. The molecule has 0 aliphatic carbocycles. The zero-order chi connectivity index (χ0) is 14.8. The smallest absolute Gasteiger partial charge is 0.134 e. The van der Waals surface area contributed by atoms with Crippen LogP contribution in [0.5, 0.6) is 5.75 Å². The number of hydrogen-bond donors (Lipinski definition) is 1. The molecule has 3 rings (SSSR count). The van der Waals surface area contributed by atoms with Crippen molar-refractivity contribution in [2.75, 3.05) is 13.7 Å². The van der Waals surface area contributed by atoms with Crippen molar-refractivity contribution < 1.29 is 9.15 Å². The van der Waals surface area contributed by atoms with Crippen LogP contribution in [-0.2, 0) is 0 Å². The van der Waals surface area contributed by atoms with Crippen molar-refractivity contribution in [1.29, 1.82) is 0 Å². The second kappa shape index (κ2) is 6.10. The number of hydrogen-bond acceptors (Lipinski definition) is 4. The highest BCUT2D eigenvalue weighted by Gasteiger charge is 2.22. The average Bonchev–Trinajstić information content (AvgIpc) is 3.10. The summed E-state index contributed by atoms with van der Waals surface area (Å²) in [5.74, 6) is 1.75. The molecule has 2 heterocycles. The van der Waals surface area contributed by atoms with Crippen LogP contribution < -0.4 is 10.1 Å². The molecule has 2 aromatic heterocycles. The molecule has 0 saturated carbocycles. The Hall–Kier alpha value is -1.49. The van der Waals surface area contributed by atoms with E-state index in [1.54, 1.807) is 18.4 Å². The molecule has 0 fully saturated rings. The maximum Gasteiger partial charge on any atom is 0.134 e. The monoisotopic (exact) mass is 321 g/mol. The van der Waals surface area contributed by atoms with Crippen molar-refractivity contribution in [1.82, 2.24) is 5.32 Å². The Bertz CT molecular complexity index is 750. The van der Waals surface area contributed by atoms with Gasteiger partial charge in [0.2, 0.25) is 0 Å². The Balaban J connectivity index is 2.06. The summed E-state index contributed by atoms with van der Waals surface area (Å²) in [5.41, 5.74) is 0.841. The Labute approximate surface area is 132 Å². The highest BCUT2D eigenvalue weighted by atomic mass is 35.5. The van der Waals surface area contributed by atoms with Crippen molar-refractivity contribution in [3.63, 3.8) is 0 Å². The van der Waals surface area contributed by atoms with Gasteiger partial charge in [0.15, 0.2) is 0 Å². The van der Waals surface area contributed by atoms with Gasteiger partial charge in [0, 0.05) is 10.4 Å². The van der Waals surface area contributed by atoms with E-state index in [1.165, 1.54) is 0 Å². The molecule has 3 nitrogen and oxygen atoms in total. The first-order valence-corrected chi connectivity index (χ1v) is 8.02. The van der Waals surface area contributed by atoms with Crippen LogP contribution in [0.25, 0.3) is 11.0 Å². The van der Waals surface area contributed by atoms with E-state index in [0.717, 1.165) is 33.9 Å². The molecule has 0 bridgehead atoms. The van der Waals surface area contributed by atoms with Crippen LogP contribution in [0.3, 0.4) is 0 Å². The van der Waals surface area contributed by atoms with Crippen LogP contribution in [0.15, 0.2) is 40.1 Å². The number of rotatable bonds is 5. The minimum absolute atomic E-state index is 0.0175. The molecule has 1 aromatic carbocycles. The lowest BCUT2D eigenvalue weighted by molar-refractivity contribution is 0.401. The van der Waals surface area contributed by atoms with Crippen LogP contribution >= 0.6 is 22.9 Å². The molecule has 0 radical (unpaired) electrons. The number of halogens is 1. The summed E-state index contributed by atoms with van der Waals surface area (Å²) < 4.78 is 11.4. The fourth-order valence-electron chi connectivity index (χ4n) is 2.39. The summed E-state index contributed by atoms with van der Waals surface area (Å²) in [5, 5.41) is 7.20. The van der Waals surface area contributed by atoms with E-state index < -0.39 is 0 Å². The van der Waals surface area contributed by atoms with Crippen LogP contribution in [-0.4, -0.2) is 13.7 Å². The Kier molecular flexibility index (Phi) is 4.19. The van der Waals surface area contributed by atoms with Gasteiger partial charge in [0.05, 0.1) is 12.0 Å². The first kappa shape index (κ1) is 14.4. The fourth-order valence-corrected chi connectivity index (χ4v) is 3.51. The molecule has 0 saturated heterocycles. The number of nitrogens with one attached hydrogen (secondary N) is 1. The summed E-state index contributed by atoms with van der Waals surface area (Å²) in [4.78, 5) is 1.12. The third-order valence-corrected chi connectivity index (χ3v) is 4.53. The number of benzene rings is 1. The van der Waals surface area contributed by atoms with E-state index in [1.807, 2.05) is 35.7 Å². The highest BCUT2D eigenvalue weighted by molar-refractivity contribution is 7.10. The SMILES string of the molecule is CCNC(c1cc2cc(Cl)ccc2o1)c1sccc1OC. The predicted octanol–water partition coefficient (Wildman–Crippen LogP) is 4.86. The van der Waals surface area contributed by atoms with Crippen LogP contribution in [0.4, 0.5) is 0 Å². The molecule has 0 aliphatic heterocycles. The van der Waals surface area contributed by atoms with Gasteiger partial charge >= 0.3 is 0 Å². The maximum atomic E-state index is 6.04. The van der Waals surface area contributed by atoms with E-state index >= 15 is 0 Å². The van der Waals surface area contributed by atoms with Gasteiger partial charge in [-0.2, -0.15) is 0 Å². The highest BCUT2D eigenvalue weighted by Crippen LogP contribution is 2.37.